The normalized spacial score (nSPS) is 17.5. The Bertz CT molecular complexity index is 1600. The van der Waals surface area contributed by atoms with Crippen LogP contribution < -0.4 is 0 Å². The van der Waals surface area contributed by atoms with Gasteiger partial charge in [-0.2, -0.15) is 0 Å². The number of hydrogen-bond donors (Lipinski definition) is 0. The van der Waals surface area contributed by atoms with Gasteiger partial charge >= 0.3 is 0 Å². The second kappa shape index (κ2) is 11.5. The van der Waals surface area contributed by atoms with Crippen LogP contribution in [0.15, 0.2) is 109 Å². The van der Waals surface area contributed by atoms with Crippen molar-refractivity contribution in [1.29, 1.82) is 0 Å². The van der Waals surface area contributed by atoms with Crippen molar-refractivity contribution < 1.29 is 0 Å². The molecule has 0 fully saturated rings. The molecule has 0 saturated heterocycles. The molecule has 6 aromatic heterocycles. The third-order valence-electron chi connectivity index (χ3n) is 7.94. The van der Waals surface area contributed by atoms with Gasteiger partial charge in [0.05, 0.1) is 68.3 Å². The molecule has 9 rings (SSSR count). The van der Waals surface area contributed by atoms with E-state index in [1.807, 2.05) is 36.4 Å². The Hall–Kier alpha value is -5.18. The van der Waals surface area contributed by atoms with Gasteiger partial charge in [-0.1, -0.05) is 36.4 Å². The molecule has 3 aliphatic heterocycles. The molecule has 9 heterocycles. The molecule has 0 radical (unpaired) electrons. The minimum atomic E-state index is 0.626. The maximum absolute atomic E-state index is 5.08. The number of rotatable bonds is 0. The summed E-state index contributed by atoms with van der Waals surface area (Å²) in [4.78, 5) is 35.1. The van der Waals surface area contributed by atoms with Gasteiger partial charge in [0.2, 0.25) is 0 Å². The predicted molar refractivity (Wildman–Crippen MR) is 168 cm³/mol. The summed E-state index contributed by atoms with van der Waals surface area (Å²) in [7, 11) is 0. The van der Waals surface area contributed by atoms with E-state index >= 15 is 0 Å². The fourth-order valence-corrected chi connectivity index (χ4v) is 5.97. The van der Waals surface area contributed by atoms with Crippen molar-refractivity contribution in [1.82, 2.24) is 39.7 Å². The molecule has 0 aliphatic carbocycles. The number of hydrogen-bond acceptors (Lipinski definition) is 8. The largest absolute Gasteiger partial charge is 0.286 e. The van der Waals surface area contributed by atoms with E-state index in [-0.39, 0.29) is 0 Å². The van der Waals surface area contributed by atoms with E-state index in [0.717, 1.165) is 68.3 Å². The molecule has 0 aromatic carbocycles. The molecular weight excluding hydrogens is 544 g/mol. The summed E-state index contributed by atoms with van der Waals surface area (Å²) < 4.78 is 0. The molecular formula is C36H30N8. The lowest BCUT2D eigenvalue weighted by Crippen LogP contribution is -2.25. The second-order valence-electron chi connectivity index (χ2n) is 11.4. The van der Waals surface area contributed by atoms with Crippen LogP contribution in [0.25, 0.3) is 34.2 Å². The zero-order chi connectivity index (χ0) is 29.3. The molecule has 44 heavy (non-hydrogen) atoms. The number of nitrogens with zero attached hydrogens (tertiary/aromatic N) is 8. The quantitative estimate of drug-likeness (QED) is 0.216. The fourth-order valence-electron chi connectivity index (χ4n) is 5.97. The first kappa shape index (κ1) is 26.4. The highest BCUT2D eigenvalue weighted by Crippen LogP contribution is 2.24. The Morgan fingerprint density at radius 1 is 0.273 bits per heavy atom. The van der Waals surface area contributed by atoms with Crippen LogP contribution in [0.1, 0.15) is 34.2 Å². The smallest absolute Gasteiger partial charge is 0.0890 e. The topological polar surface area (TPSA) is 83.8 Å². The Morgan fingerprint density at radius 2 is 0.455 bits per heavy atom. The third-order valence-corrected chi connectivity index (χ3v) is 7.94. The number of aromatic nitrogens is 6. The lowest BCUT2D eigenvalue weighted by Gasteiger charge is -2.24. The van der Waals surface area contributed by atoms with Gasteiger partial charge in [-0.15, -0.1) is 0 Å². The third kappa shape index (κ3) is 5.73. The van der Waals surface area contributed by atoms with Crippen molar-refractivity contribution in [2.45, 2.75) is 39.3 Å². The molecule has 0 atom stereocenters. The van der Waals surface area contributed by atoms with E-state index in [2.05, 4.69) is 82.6 Å². The predicted octanol–water partition coefficient (Wildman–Crippen LogP) is 6.09. The lowest BCUT2D eigenvalue weighted by atomic mass is 10.1. The van der Waals surface area contributed by atoms with Crippen LogP contribution >= 0.6 is 0 Å². The van der Waals surface area contributed by atoms with Crippen LogP contribution in [0.5, 0.6) is 0 Å². The van der Waals surface area contributed by atoms with Gasteiger partial charge in [-0.05, 0) is 72.8 Å². The highest BCUT2D eigenvalue weighted by atomic mass is 15.2. The van der Waals surface area contributed by atoms with Crippen LogP contribution in [-0.4, -0.2) is 39.7 Å². The highest BCUT2D eigenvalue weighted by Gasteiger charge is 2.17. The molecule has 6 aromatic rings. The van der Waals surface area contributed by atoms with E-state index < -0.39 is 0 Å². The Morgan fingerprint density at radius 3 is 0.636 bits per heavy atom. The van der Waals surface area contributed by atoms with Gasteiger partial charge in [0.25, 0.3) is 0 Å². The first-order chi connectivity index (χ1) is 21.7. The minimum absolute atomic E-state index is 0.626. The summed E-state index contributed by atoms with van der Waals surface area (Å²) in [6.45, 7) is 3.75. The van der Waals surface area contributed by atoms with Gasteiger partial charge in [0, 0.05) is 39.3 Å². The van der Waals surface area contributed by atoms with E-state index in [1.165, 1.54) is 0 Å². The standard InChI is InChI=1S/C36H30N8/c1-7-25-19-43-20-27-9-3-15-33(39-27)35-17-5-11-29(41-35)23-44(22-26-8-2-14-32(38-26)31(13-1)37-25)24-30-12-6-18-36(42-30)34-16-4-10-28(21-43)40-34/h1-18H,19-24H2. The minimum Gasteiger partial charge on any atom is -0.286 e. The Labute approximate surface area is 256 Å². The molecule has 14 bridgehead atoms. The van der Waals surface area contributed by atoms with Gasteiger partial charge in [0.15, 0.2) is 0 Å². The molecule has 8 heteroatoms. The highest BCUT2D eigenvalue weighted by molar-refractivity contribution is 5.56. The van der Waals surface area contributed by atoms with Crippen LogP contribution in [0.3, 0.4) is 0 Å². The van der Waals surface area contributed by atoms with E-state index in [9.17, 15) is 0 Å². The molecule has 0 unspecified atom stereocenters. The van der Waals surface area contributed by atoms with Crippen molar-refractivity contribution in [3.8, 4) is 34.2 Å². The molecule has 214 valence electrons. The summed E-state index contributed by atoms with van der Waals surface area (Å²) >= 11 is 0. The van der Waals surface area contributed by atoms with Crippen molar-refractivity contribution in [2.24, 2.45) is 0 Å². The van der Waals surface area contributed by atoms with Gasteiger partial charge in [-0.25, -0.2) is 29.9 Å². The van der Waals surface area contributed by atoms with E-state index in [0.29, 0.717) is 39.3 Å². The summed E-state index contributed by atoms with van der Waals surface area (Å²) in [5.41, 5.74) is 11.0. The van der Waals surface area contributed by atoms with Crippen LogP contribution in [0.4, 0.5) is 0 Å². The summed E-state index contributed by atoms with van der Waals surface area (Å²) in [6.07, 6.45) is 0. The first-order valence-electron chi connectivity index (χ1n) is 14.9. The SMILES string of the molecule is c1cc2nc(c1)-c1cccc(n1)CN1Cc3cccc(n3)-c3cccc(n3)CN(C2)Cc2cccc(n2)-c2cccc(n2)C1. The zero-order valence-electron chi connectivity index (χ0n) is 24.2. The molecule has 0 saturated carbocycles. The van der Waals surface area contributed by atoms with Gasteiger partial charge in [-0.3, -0.25) is 9.80 Å². The average Bonchev–Trinajstić information content (AvgIpc) is 3.05. The zero-order valence-corrected chi connectivity index (χ0v) is 24.2. The van der Waals surface area contributed by atoms with Crippen molar-refractivity contribution >= 4 is 0 Å². The van der Waals surface area contributed by atoms with Crippen molar-refractivity contribution in [3.63, 3.8) is 0 Å². The van der Waals surface area contributed by atoms with Crippen LogP contribution in [-0.2, 0) is 39.3 Å². The fraction of sp³-hybridized carbons (Fsp3) is 0.167. The monoisotopic (exact) mass is 574 g/mol. The maximum Gasteiger partial charge on any atom is 0.0890 e. The summed E-state index contributed by atoms with van der Waals surface area (Å²) in [5.74, 6) is 0. The molecule has 0 N–H and O–H groups in total. The Kier molecular flexibility index (Phi) is 6.90. The summed E-state index contributed by atoms with van der Waals surface area (Å²) in [5, 5.41) is 0. The van der Waals surface area contributed by atoms with Crippen molar-refractivity contribution in [2.75, 3.05) is 0 Å². The van der Waals surface area contributed by atoms with Gasteiger partial charge in [0.1, 0.15) is 0 Å². The Balaban J connectivity index is 1.34. The maximum atomic E-state index is 5.08. The lowest BCUT2D eigenvalue weighted by molar-refractivity contribution is 0.238. The molecule has 0 amide bonds. The van der Waals surface area contributed by atoms with Crippen LogP contribution in [0.2, 0.25) is 0 Å². The molecule has 8 nitrogen and oxygen atoms in total. The van der Waals surface area contributed by atoms with E-state index in [4.69, 9.17) is 29.9 Å². The first-order valence-corrected chi connectivity index (χ1v) is 14.9. The van der Waals surface area contributed by atoms with E-state index in [1.54, 1.807) is 0 Å². The second-order valence-corrected chi connectivity index (χ2v) is 11.4. The summed E-state index contributed by atoms with van der Waals surface area (Å²) in [6, 6.07) is 37.1. The van der Waals surface area contributed by atoms with Crippen LogP contribution in [0, 0.1) is 0 Å². The molecule has 3 aliphatic rings. The van der Waals surface area contributed by atoms with Crippen molar-refractivity contribution in [3.05, 3.63) is 143 Å². The van der Waals surface area contributed by atoms with Gasteiger partial charge < -0.3 is 0 Å². The number of pyridine rings is 6. The molecule has 0 spiro atoms. The average molecular weight is 575 g/mol.